The molecule has 0 bridgehead atoms. The lowest BCUT2D eigenvalue weighted by molar-refractivity contribution is -0.384. The summed E-state index contributed by atoms with van der Waals surface area (Å²) in [6.07, 6.45) is 1.34. The number of piperazine rings is 1. The second-order valence-electron chi connectivity index (χ2n) is 16.4. The molecule has 10 rings (SSSR count). The zero-order valence-corrected chi connectivity index (χ0v) is 34.7. The number of benzene rings is 5. The van der Waals surface area contributed by atoms with Crippen molar-refractivity contribution in [1.82, 2.24) is 19.8 Å². The quantitative estimate of drug-likeness (QED) is 0.100. The normalized spacial score (nSPS) is 23.8. The van der Waals surface area contributed by atoms with Gasteiger partial charge in [-0.15, -0.1) is 0 Å². The predicted molar refractivity (Wildman–Crippen MR) is 234 cm³/mol. The zero-order valence-electron chi connectivity index (χ0n) is 34.7. The minimum absolute atomic E-state index is 0.0420. The Morgan fingerprint density at radius 3 is 2.05 bits per heavy atom. The highest BCUT2D eigenvalue weighted by atomic mass is 16.6. The highest BCUT2D eigenvalue weighted by Crippen LogP contribution is 2.66. The van der Waals surface area contributed by atoms with Crippen molar-refractivity contribution < 1.29 is 38.7 Å². The summed E-state index contributed by atoms with van der Waals surface area (Å²) in [5, 5.41) is 22.0. The molecule has 6 aromatic rings. The number of anilines is 2. The topological polar surface area (TPSA) is 189 Å². The SMILES string of the molecule is O=C1O[C@@H](c2ccccc2)[C@@H](c2ccccc2)N2[C@@H](c3ccc(O)cc3)[C@]3(C(=O)N(C(=O)OCc4ccc([N+](=O)[O-])cc4)c4ccccc43)[C@@H](C(=O)N3CCN(c4ncccn4)CC3)[C@H]12. The van der Waals surface area contributed by atoms with Gasteiger partial charge in [0.2, 0.25) is 17.8 Å². The van der Waals surface area contributed by atoms with Crippen LogP contribution in [-0.4, -0.2) is 85.9 Å². The summed E-state index contributed by atoms with van der Waals surface area (Å²) in [6, 6.07) is 35.8. The van der Waals surface area contributed by atoms with Crippen molar-refractivity contribution in [2.24, 2.45) is 5.92 Å². The number of nitro benzene ring substituents is 1. The van der Waals surface area contributed by atoms with Crippen LogP contribution in [0.3, 0.4) is 0 Å². The Balaban J connectivity index is 1.16. The molecule has 1 spiro atoms. The van der Waals surface area contributed by atoms with E-state index in [2.05, 4.69) is 9.97 Å². The number of carbonyl (C=O) groups is 4. The lowest BCUT2D eigenvalue weighted by atomic mass is 9.65. The number of esters is 1. The van der Waals surface area contributed by atoms with E-state index in [-0.39, 0.29) is 36.8 Å². The van der Waals surface area contributed by atoms with E-state index >= 15 is 14.4 Å². The van der Waals surface area contributed by atoms with E-state index in [0.29, 0.717) is 41.3 Å². The van der Waals surface area contributed by atoms with Crippen LogP contribution in [-0.2, 0) is 35.9 Å². The van der Waals surface area contributed by atoms with Gasteiger partial charge in [0.05, 0.1) is 28.6 Å². The maximum atomic E-state index is 16.2. The summed E-state index contributed by atoms with van der Waals surface area (Å²) >= 11 is 0. The van der Waals surface area contributed by atoms with Gasteiger partial charge in [0.1, 0.15) is 29.9 Å². The number of aromatic nitrogens is 2. The Morgan fingerprint density at radius 2 is 1.38 bits per heavy atom. The van der Waals surface area contributed by atoms with Crippen LogP contribution in [0.5, 0.6) is 5.75 Å². The molecular weight excluding hydrogens is 831 g/mol. The van der Waals surface area contributed by atoms with Gasteiger partial charge in [-0.2, -0.15) is 0 Å². The number of para-hydroxylation sites is 1. The maximum absolute atomic E-state index is 16.2. The van der Waals surface area contributed by atoms with Crippen molar-refractivity contribution in [3.05, 3.63) is 190 Å². The number of imide groups is 1. The number of nitro groups is 1. The van der Waals surface area contributed by atoms with Gasteiger partial charge in [-0.1, -0.05) is 91.0 Å². The molecule has 3 saturated heterocycles. The molecule has 1 N–H and O–H groups in total. The standard InChI is InChI=1S/C49H41N7O9/c57-36-22-18-34(19-23-36)43-49(37-14-7-8-15-38(37)54(46(49)60)48(61)64-30-31-16-20-35(21-17-31)56(62)63)39(44(58)52-26-28-53(29-27-52)47-50-24-9-25-51-47)41-45(59)65-42(33-12-5-2-6-13-33)40(55(41)43)32-10-3-1-4-11-32/h1-25,39-43,57H,26-30H2/t39-,40-,41-,42+,43+,49-/m1/s1. The first-order chi connectivity index (χ1) is 31.7. The molecule has 0 aliphatic carbocycles. The molecular formula is C49H41N7O9. The van der Waals surface area contributed by atoms with Gasteiger partial charge in [-0.05, 0) is 64.2 Å². The van der Waals surface area contributed by atoms with Crippen molar-refractivity contribution in [2.75, 3.05) is 36.0 Å². The number of morpholine rings is 1. The second-order valence-corrected chi connectivity index (χ2v) is 16.4. The van der Waals surface area contributed by atoms with Crippen LogP contribution in [0.4, 0.5) is 22.1 Å². The van der Waals surface area contributed by atoms with Crippen LogP contribution < -0.4 is 9.80 Å². The molecule has 16 nitrogen and oxygen atoms in total. The van der Waals surface area contributed by atoms with Crippen molar-refractivity contribution in [1.29, 1.82) is 0 Å². The van der Waals surface area contributed by atoms with Crippen LogP contribution in [0, 0.1) is 16.0 Å². The van der Waals surface area contributed by atoms with Gasteiger partial charge in [0.25, 0.3) is 5.69 Å². The van der Waals surface area contributed by atoms with E-state index in [0.717, 1.165) is 10.5 Å². The van der Waals surface area contributed by atoms with Crippen LogP contribution in [0.25, 0.3) is 0 Å². The van der Waals surface area contributed by atoms with Gasteiger partial charge >= 0.3 is 12.1 Å². The van der Waals surface area contributed by atoms with Crippen LogP contribution in [0.2, 0.25) is 0 Å². The third kappa shape index (κ3) is 6.89. The van der Waals surface area contributed by atoms with Crippen LogP contribution in [0.1, 0.15) is 46.0 Å². The zero-order chi connectivity index (χ0) is 44.8. The van der Waals surface area contributed by atoms with Crippen molar-refractivity contribution in [3.8, 4) is 5.75 Å². The van der Waals surface area contributed by atoms with Gasteiger partial charge in [-0.3, -0.25) is 29.4 Å². The summed E-state index contributed by atoms with van der Waals surface area (Å²) in [5.41, 5.74) is 0.761. The van der Waals surface area contributed by atoms with Gasteiger partial charge < -0.3 is 24.4 Å². The highest BCUT2D eigenvalue weighted by molar-refractivity contribution is 6.23. The number of nitrogens with zero attached hydrogens (tertiary/aromatic N) is 7. The number of hydrogen-bond donors (Lipinski definition) is 1. The van der Waals surface area contributed by atoms with E-state index in [9.17, 15) is 20.0 Å². The molecule has 3 fully saturated rings. The van der Waals surface area contributed by atoms with Gasteiger partial charge in [-0.25, -0.2) is 19.7 Å². The Kier molecular flexibility index (Phi) is 10.5. The number of rotatable bonds is 8. The minimum Gasteiger partial charge on any atom is -0.508 e. The lowest BCUT2D eigenvalue weighted by Crippen LogP contribution is -2.59. The third-order valence-corrected chi connectivity index (χ3v) is 13.0. The molecule has 0 saturated carbocycles. The molecule has 326 valence electrons. The van der Waals surface area contributed by atoms with Crippen LogP contribution in [0.15, 0.2) is 152 Å². The average molecular weight is 872 g/mol. The fraction of sp³-hybridized carbons (Fsp3) is 0.224. The minimum atomic E-state index is -1.97. The summed E-state index contributed by atoms with van der Waals surface area (Å²) in [6.45, 7) is 0.820. The second kappa shape index (κ2) is 16.6. The number of fused-ring (bicyclic) bond motifs is 3. The Morgan fingerprint density at radius 1 is 0.754 bits per heavy atom. The first-order valence-corrected chi connectivity index (χ1v) is 21.2. The Labute approximate surface area is 372 Å². The molecule has 65 heavy (non-hydrogen) atoms. The number of phenolic OH excluding ortho intramolecular Hbond substituents is 1. The Hall–Kier alpha value is -7.98. The molecule has 0 radical (unpaired) electrons. The number of carbonyl (C=O) groups excluding carboxylic acids is 4. The molecule has 5 aromatic carbocycles. The Bertz CT molecular complexity index is 2780. The first kappa shape index (κ1) is 41.1. The summed E-state index contributed by atoms with van der Waals surface area (Å²) < 4.78 is 12.4. The summed E-state index contributed by atoms with van der Waals surface area (Å²) in [4.78, 5) is 88.0. The number of phenols is 1. The van der Waals surface area contributed by atoms with E-state index in [4.69, 9.17) is 9.47 Å². The third-order valence-electron chi connectivity index (χ3n) is 13.0. The van der Waals surface area contributed by atoms with E-state index in [1.807, 2.05) is 70.5 Å². The summed E-state index contributed by atoms with van der Waals surface area (Å²) in [7, 11) is 0. The molecule has 6 atom stereocenters. The molecule has 16 heteroatoms. The largest absolute Gasteiger partial charge is 0.508 e. The summed E-state index contributed by atoms with van der Waals surface area (Å²) in [5.74, 6) is -2.99. The number of hydrogen-bond acceptors (Lipinski definition) is 13. The highest BCUT2D eigenvalue weighted by Gasteiger charge is 2.76. The molecule has 3 amide bonds. The molecule has 5 heterocycles. The van der Waals surface area contributed by atoms with Crippen molar-refractivity contribution in [2.45, 2.75) is 36.3 Å². The fourth-order valence-corrected chi connectivity index (χ4v) is 10.2. The van der Waals surface area contributed by atoms with E-state index < -0.39 is 64.4 Å². The number of amides is 3. The number of non-ortho nitro benzene ring substituents is 1. The number of cyclic esters (lactones) is 1. The van der Waals surface area contributed by atoms with E-state index in [1.54, 1.807) is 59.8 Å². The van der Waals surface area contributed by atoms with Crippen LogP contribution >= 0.6 is 0 Å². The predicted octanol–water partition coefficient (Wildman–Crippen LogP) is 6.44. The van der Waals surface area contributed by atoms with Gasteiger partial charge in [0, 0.05) is 50.7 Å². The monoisotopic (exact) mass is 871 g/mol. The van der Waals surface area contributed by atoms with Crippen molar-refractivity contribution >= 4 is 41.2 Å². The smallest absolute Gasteiger partial charge is 0.421 e. The molecule has 0 unspecified atom stereocenters. The maximum Gasteiger partial charge on any atom is 0.421 e. The van der Waals surface area contributed by atoms with Gasteiger partial charge in [0.15, 0.2) is 0 Å². The number of ether oxygens (including phenoxy) is 2. The number of aromatic hydroxyl groups is 1. The average Bonchev–Trinajstić information content (AvgIpc) is 3.80. The van der Waals surface area contributed by atoms with Crippen molar-refractivity contribution in [3.63, 3.8) is 0 Å². The molecule has 4 aliphatic heterocycles. The molecule has 1 aromatic heterocycles. The molecule has 4 aliphatic rings. The van der Waals surface area contributed by atoms with E-state index in [1.165, 1.54) is 36.4 Å². The fourth-order valence-electron chi connectivity index (χ4n) is 10.2. The first-order valence-electron chi connectivity index (χ1n) is 21.2. The lowest BCUT2D eigenvalue weighted by Gasteiger charge is -2.46.